The third-order valence-electron chi connectivity index (χ3n) is 3.19. The molecule has 1 atom stereocenters. The molecule has 0 aliphatic carbocycles. The lowest BCUT2D eigenvalue weighted by atomic mass is 10.1. The summed E-state index contributed by atoms with van der Waals surface area (Å²) >= 11 is 0. The molecule has 0 aromatic carbocycles. The molecular formula is C13H16N4O2. The lowest BCUT2D eigenvalue weighted by Gasteiger charge is -2.36. The van der Waals surface area contributed by atoms with Crippen molar-refractivity contribution in [2.45, 2.75) is 19.9 Å². The monoisotopic (exact) mass is 260 g/mol. The number of hydrogen-bond donors (Lipinski definition) is 1. The number of amides is 1. The molecule has 1 fully saturated rings. The maximum absolute atomic E-state index is 11.5. The van der Waals surface area contributed by atoms with Gasteiger partial charge in [-0.15, -0.1) is 0 Å². The van der Waals surface area contributed by atoms with Gasteiger partial charge in [0.15, 0.2) is 0 Å². The average molecular weight is 260 g/mol. The molecule has 0 spiro atoms. The van der Waals surface area contributed by atoms with Gasteiger partial charge in [0.25, 0.3) is 0 Å². The highest BCUT2D eigenvalue weighted by molar-refractivity contribution is 5.85. The summed E-state index contributed by atoms with van der Waals surface area (Å²) in [7, 11) is 0. The second-order valence-electron chi connectivity index (χ2n) is 4.54. The number of rotatable bonds is 2. The van der Waals surface area contributed by atoms with Gasteiger partial charge in [-0.3, -0.25) is 9.78 Å². The minimum atomic E-state index is -0.540. The van der Waals surface area contributed by atoms with Gasteiger partial charge in [0.1, 0.15) is 12.1 Å². The van der Waals surface area contributed by atoms with Crippen molar-refractivity contribution >= 4 is 11.6 Å². The van der Waals surface area contributed by atoms with E-state index < -0.39 is 11.9 Å². The molecule has 6 nitrogen and oxygen atoms in total. The molecule has 2 heterocycles. The summed E-state index contributed by atoms with van der Waals surface area (Å²) in [5, 5.41) is 9.28. The van der Waals surface area contributed by atoms with E-state index in [2.05, 4.69) is 11.1 Å². The van der Waals surface area contributed by atoms with Crippen LogP contribution in [0.2, 0.25) is 0 Å². The van der Waals surface area contributed by atoms with E-state index in [9.17, 15) is 10.1 Å². The quantitative estimate of drug-likeness (QED) is 0.823. The molecule has 2 N–H and O–H groups in total. The molecule has 0 saturated carbocycles. The van der Waals surface area contributed by atoms with E-state index >= 15 is 0 Å². The van der Waals surface area contributed by atoms with Crippen LogP contribution in [0.3, 0.4) is 0 Å². The third kappa shape index (κ3) is 2.51. The number of hydrogen-bond acceptors (Lipinski definition) is 5. The summed E-state index contributed by atoms with van der Waals surface area (Å²) in [6.45, 7) is 4.94. The summed E-state index contributed by atoms with van der Waals surface area (Å²) in [4.78, 5) is 17.6. The number of morpholine rings is 1. The Kier molecular flexibility index (Phi) is 3.67. The van der Waals surface area contributed by atoms with E-state index in [-0.39, 0.29) is 6.61 Å². The minimum absolute atomic E-state index is 0.251. The van der Waals surface area contributed by atoms with E-state index in [1.165, 1.54) is 0 Å². The van der Waals surface area contributed by atoms with Crippen LogP contribution in [0.4, 0.5) is 5.69 Å². The Morgan fingerprint density at radius 3 is 3.00 bits per heavy atom. The van der Waals surface area contributed by atoms with Crippen LogP contribution < -0.4 is 10.6 Å². The average Bonchev–Trinajstić information content (AvgIpc) is 2.37. The molecule has 1 aliphatic heterocycles. The molecule has 0 bridgehead atoms. The maximum atomic E-state index is 11.5. The van der Waals surface area contributed by atoms with Crippen molar-refractivity contribution in [2.24, 2.45) is 5.73 Å². The van der Waals surface area contributed by atoms with Crippen molar-refractivity contribution in [3.05, 3.63) is 23.0 Å². The zero-order chi connectivity index (χ0) is 14.0. The maximum Gasteiger partial charge on any atom is 0.242 e. The largest absolute Gasteiger partial charge is 0.377 e. The topological polar surface area (TPSA) is 92.2 Å². The number of primary amides is 1. The van der Waals surface area contributed by atoms with Crippen LogP contribution in [0.25, 0.3) is 0 Å². The van der Waals surface area contributed by atoms with Crippen LogP contribution in [0.5, 0.6) is 0 Å². The predicted molar refractivity (Wildman–Crippen MR) is 69.6 cm³/mol. The van der Waals surface area contributed by atoms with Crippen LogP contribution in [0.15, 0.2) is 6.07 Å². The third-order valence-corrected chi connectivity index (χ3v) is 3.19. The van der Waals surface area contributed by atoms with E-state index in [0.29, 0.717) is 30.1 Å². The standard InChI is InChI=1S/C13H16N4O2/c1-8-5-11(10(6-14)9(2)16-8)17-3-4-19-7-12(17)13(15)18/h5,12H,3-4,7H2,1-2H3,(H2,15,18). The molecule has 2 rings (SSSR count). The van der Waals surface area contributed by atoms with Gasteiger partial charge in [0, 0.05) is 12.2 Å². The fourth-order valence-electron chi connectivity index (χ4n) is 2.30. The fourth-order valence-corrected chi connectivity index (χ4v) is 2.30. The highest BCUT2D eigenvalue weighted by Gasteiger charge is 2.30. The highest BCUT2D eigenvalue weighted by atomic mass is 16.5. The number of aromatic nitrogens is 1. The smallest absolute Gasteiger partial charge is 0.242 e. The van der Waals surface area contributed by atoms with Crippen molar-refractivity contribution in [3.8, 4) is 6.07 Å². The molecule has 1 aromatic rings. The first-order valence-electron chi connectivity index (χ1n) is 6.06. The van der Waals surface area contributed by atoms with Gasteiger partial charge in [-0.2, -0.15) is 5.26 Å². The lowest BCUT2D eigenvalue weighted by Crippen LogP contribution is -2.53. The summed E-state index contributed by atoms with van der Waals surface area (Å²) in [6, 6.07) is 3.42. The zero-order valence-corrected chi connectivity index (χ0v) is 11.0. The van der Waals surface area contributed by atoms with Crippen LogP contribution >= 0.6 is 0 Å². The van der Waals surface area contributed by atoms with E-state index in [4.69, 9.17) is 10.5 Å². The molecule has 1 saturated heterocycles. The molecule has 19 heavy (non-hydrogen) atoms. The number of nitrogens with zero attached hydrogens (tertiary/aromatic N) is 3. The number of anilines is 1. The van der Waals surface area contributed by atoms with Gasteiger partial charge >= 0.3 is 0 Å². The van der Waals surface area contributed by atoms with Crippen molar-refractivity contribution in [1.82, 2.24) is 4.98 Å². The van der Waals surface area contributed by atoms with Crippen LogP contribution in [0, 0.1) is 25.2 Å². The Labute approximate surface area is 111 Å². The van der Waals surface area contributed by atoms with Crippen molar-refractivity contribution < 1.29 is 9.53 Å². The van der Waals surface area contributed by atoms with E-state index in [1.807, 2.05) is 17.9 Å². The number of aryl methyl sites for hydroxylation is 2. The Balaban J connectivity index is 2.50. The van der Waals surface area contributed by atoms with Crippen molar-refractivity contribution in [2.75, 3.05) is 24.7 Å². The Bertz CT molecular complexity index is 550. The molecule has 1 amide bonds. The summed E-state index contributed by atoms with van der Waals surface area (Å²) < 4.78 is 5.29. The number of pyridine rings is 1. The first-order valence-corrected chi connectivity index (χ1v) is 6.06. The summed E-state index contributed by atoms with van der Waals surface area (Å²) in [6.07, 6.45) is 0. The van der Waals surface area contributed by atoms with Crippen LogP contribution in [0.1, 0.15) is 17.0 Å². The SMILES string of the molecule is Cc1cc(N2CCOCC2C(N)=O)c(C#N)c(C)n1. The number of nitriles is 1. The van der Waals surface area contributed by atoms with E-state index in [1.54, 1.807) is 6.92 Å². The first kappa shape index (κ1) is 13.3. The van der Waals surface area contributed by atoms with Gasteiger partial charge < -0.3 is 15.4 Å². The molecular weight excluding hydrogens is 244 g/mol. The summed E-state index contributed by atoms with van der Waals surface area (Å²) in [5.74, 6) is -0.448. The molecule has 1 aliphatic rings. The second kappa shape index (κ2) is 5.24. The van der Waals surface area contributed by atoms with Crippen molar-refractivity contribution in [1.29, 1.82) is 5.26 Å². The van der Waals surface area contributed by atoms with Gasteiger partial charge in [-0.1, -0.05) is 0 Å². The number of ether oxygens (including phenoxy) is 1. The Morgan fingerprint density at radius 2 is 2.37 bits per heavy atom. The summed E-state index contributed by atoms with van der Waals surface area (Å²) in [5.41, 5.74) is 8.06. The Hall–Kier alpha value is -2.13. The predicted octanol–water partition coefficient (Wildman–Crippen LogP) is 0.261. The fraction of sp³-hybridized carbons (Fsp3) is 0.462. The second-order valence-corrected chi connectivity index (χ2v) is 4.54. The Morgan fingerprint density at radius 1 is 1.63 bits per heavy atom. The first-order chi connectivity index (χ1) is 9.04. The van der Waals surface area contributed by atoms with Crippen LogP contribution in [-0.4, -0.2) is 36.7 Å². The molecule has 0 radical (unpaired) electrons. The van der Waals surface area contributed by atoms with Gasteiger partial charge in [0.05, 0.1) is 30.2 Å². The molecule has 1 unspecified atom stereocenters. The van der Waals surface area contributed by atoms with Gasteiger partial charge in [0.2, 0.25) is 5.91 Å². The van der Waals surface area contributed by atoms with Gasteiger partial charge in [-0.25, -0.2) is 0 Å². The molecule has 100 valence electrons. The minimum Gasteiger partial charge on any atom is -0.377 e. The normalized spacial score (nSPS) is 19.0. The highest BCUT2D eigenvalue weighted by Crippen LogP contribution is 2.26. The number of carbonyl (C=O) groups excluding carboxylic acids is 1. The molecule has 1 aromatic heterocycles. The lowest BCUT2D eigenvalue weighted by molar-refractivity contribution is -0.121. The number of nitrogens with two attached hydrogens (primary N) is 1. The van der Waals surface area contributed by atoms with Crippen LogP contribution in [-0.2, 0) is 9.53 Å². The van der Waals surface area contributed by atoms with Gasteiger partial charge in [-0.05, 0) is 19.9 Å². The van der Waals surface area contributed by atoms with E-state index in [0.717, 1.165) is 5.69 Å². The zero-order valence-electron chi connectivity index (χ0n) is 11.0. The van der Waals surface area contributed by atoms with Crippen molar-refractivity contribution in [3.63, 3.8) is 0 Å². The molecule has 6 heteroatoms. The number of carbonyl (C=O) groups is 1.